The summed E-state index contributed by atoms with van der Waals surface area (Å²) >= 11 is 0. The molecule has 1 saturated carbocycles. The fourth-order valence-corrected chi connectivity index (χ4v) is 2.85. The molecular formula is C15H21N3. The number of nitrogens with one attached hydrogen (secondary N) is 1. The van der Waals surface area contributed by atoms with E-state index in [1.807, 2.05) is 18.2 Å². The molecule has 3 nitrogen and oxygen atoms in total. The molecule has 1 aliphatic carbocycles. The van der Waals surface area contributed by atoms with Crippen molar-refractivity contribution in [2.75, 3.05) is 13.1 Å². The maximum absolute atomic E-state index is 9.14. The fourth-order valence-electron chi connectivity index (χ4n) is 2.85. The normalized spacial score (nSPS) is 23.6. The molecular weight excluding hydrogens is 222 g/mol. The van der Waals surface area contributed by atoms with Gasteiger partial charge in [0.05, 0.1) is 11.6 Å². The number of nitrogens with two attached hydrogens (primary N) is 1. The molecule has 0 atom stereocenters. The third-order valence-corrected chi connectivity index (χ3v) is 3.83. The van der Waals surface area contributed by atoms with Crippen LogP contribution in [0.15, 0.2) is 24.3 Å². The smallest absolute Gasteiger partial charge is 0.0994 e. The van der Waals surface area contributed by atoms with Crippen molar-refractivity contribution in [2.45, 2.75) is 37.6 Å². The van der Waals surface area contributed by atoms with Gasteiger partial charge in [-0.2, -0.15) is 5.26 Å². The molecule has 96 valence electrons. The summed E-state index contributed by atoms with van der Waals surface area (Å²) in [5.41, 5.74) is 7.58. The first-order valence-corrected chi connectivity index (χ1v) is 6.77. The molecule has 0 aliphatic heterocycles. The Balaban J connectivity index is 1.95. The van der Waals surface area contributed by atoms with Crippen LogP contribution < -0.4 is 11.1 Å². The molecule has 1 aliphatic rings. The van der Waals surface area contributed by atoms with Gasteiger partial charge < -0.3 is 11.1 Å². The number of benzene rings is 1. The second-order valence-electron chi connectivity index (χ2n) is 4.99. The number of nitriles is 1. The second-order valence-corrected chi connectivity index (χ2v) is 4.99. The van der Waals surface area contributed by atoms with E-state index in [0.717, 1.165) is 12.1 Å². The van der Waals surface area contributed by atoms with Gasteiger partial charge in [-0.1, -0.05) is 18.2 Å². The summed E-state index contributed by atoms with van der Waals surface area (Å²) in [6.45, 7) is 1.61. The molecule has 0 amide bonds. The topological polar surface area (TPSA) is 61.8 Å². The van der Waals surface area contributed by atoms with Crippen LogP contribution in [0.4, 0.5) is 0 Å². The largest absolute Gasteiger partial charge is 0.329 e. The Morgan fingerprint density at radius 1 is 1.22 bits per heavy atom. The summed E-state index contributed by atoms with van der Waals surface area (Å²) in [5.74, 6) is 0.553. The van der Waals surface area contributed by atoms with E-state index < -0.39 is 0 Å². The van der Waals surface area contributed by atoms with E-state index in [9.17, 15) is 0 Å². The Labute approximate surface area is 109 Å². The van der Waals surface area contributed by atoms with Crippen molar-refractivity contribution in [3.05, 3.63) is 35.4 Å². The summed E-state index contributed by atoms with van der Waals surface area (Å²) in [5, 5.41) is 12.6. The predicted molar refractivity (Wildman–Crippen MR) is 73.2 cm³/mol. The molecule has 0 aromatic heterocycles. The number of nitrogens with zero attached hydrogens (tertiary/aromatic N) is 1. The predicted octanol–water partition coefficient (Wildman–Crippen LogP) is 2.13. The van der Waals surface area contributed by atoms with Gasteiger partial charge in [-0.25, -0.2) is 0 Å². The van der Waals surface area contributed by atoms with Crippen molar-refractivity contribution in [1.82, 2.24) is 5.32 Å². The Kier molecular flexibility index (Phi) is 4.74. The van der Waals surface area contributed by atoms with Gasteiger partial charge in [0.2, 0.25) is 0 Å². The summed E-state index contributed by atoms with van der Waals surface area (Å²) in [6.07, 6.45) is 4.71. The van der Waals surface area contributed by atoms with Crippen LogP contribution in [0.1, 0.15) is 42.7 Å². The van der Waals surface area contributed by atoms with E-state index in [-0.39, 0.29) is 0 Å². The molecule has 0 bridgehead atoms. The van der Waals surface area contributed by atoms with Gasteiger partial charge in [0, 0.05) is 19.1 Å². The summed E-state index contributed by atoms with van der Waals surface area (Å²) in [6, 6.07) is 10.9. The third kappa shape index (κ3) is 3.10. The minimum Gasteiger partial charge on any atom is -0.329 e. The van der Waals surface area contributed by atoms with Crippen LogP contribution >= 0.6 is 0 Å². The lowest BCUT2D eigenvalue weighted by molar-refractivity contribution is 0.345. The number of rotatable bonds is 4. The molecule has 1 aromatic rings. The molecule has 1 fully saturated rings. The maximum Gasteiger partial charge on any atom is 0.0994 e. The molecule has 2 rings (SSSR count). The Morgan fingerprint density at radius 3 is 2.61 bits per heavy atom. The van der Waals surface area contributed by atoms with Crippen LogP contribution in [0.2, 0.25) is 0 Å². The zero-order valence-corrected chi connectivity index (χ0v) is 10.7. The van der Waals surface area contributed by atoms with Crippen molar-refractivity contribution in [3.63, 3.8) is 0 Å². The molecule has 18 heavy (non-hydrogen) atoms. The third-order valence-electron chi connectivity index (χ3n) is 3.83. The van der Waals surface area contributed by atoms with Gasteiger partial charge >= 0.3 is 0 Å². The minimum absolute atomic E-state index is 0.553. The molecule has 0 heterocycles. The molecule has 0 unspecified atom stereocenters. The first-order chi connectivity index (χ1) is 8.85. The maximum atomic E-state index is 9.14. The van der Waals surface area contributed by atoms with Crippen LogP contribution in [0.25, 0.3) is 0 Å². The number of hydrogen-bond donors (Lipinski definition) is 2. The summed E-state index contributed by atoms with van der Waals surface area (Å²) < 4.78 is 0. The van der Waals surface area contributed by atoms with Gasteiger partial charge in [-0.3, -0.25) is 0 Å². The second kappa shape index (κ2) is 6.53. The van der Waals surface area contributed by atoms with E-state index in [0.29, 0.717) is 18.5 Å². The molecule has 0 spiro atoms. The first-order valence-electron chi connectivity index (χ1n) is 6.77. The zero-order chi connectivity index (χ0) is 12.8. The van der Waals surface area contributed by atoms with E-state index in [1.165, 1.54) is 31.2 Å². The van der Waals surface area contributed by atoms with Crippen LogP contribution in [-0.4, -0.2) is 19.1 Å². The van der Waals surface area contributed by atoms with Gasteiger partial charge in [0.1, 0.15) is 0 Å². The Morgan fingerprint density at radius 2 is 1.94 bits per heavy atom. The number of hydrogen-bond acceptors (Lipinski definition) is 3. The highest BCUT2D eigenvalue weighted by Crippen LogP contribution is 2.34. The van der Waals surface area contributed by atoms with E-state index in [2.05, 4.69) is 17.5 Å². The van der Waals surface area contributed by atoms with Crippen molar-refractivity contribution in [1.29, 1.82) is 5.26 Å². The van der Waals surface area contributed by atoms with E-state index >= 15 is 0 Å². The van der Waals surface area contributed by atoms with Gasteiger partial charge in [0.15, 0.2) is 0 Å². The first kappa shape index (κ1) is 13.1. The summed E-state index contributed by atoms with van der Waals surface area (Å²) in [4.78, 5) is 0. The standard InChI is InChI=1S/C15H21N3/c16-9-10-18-14-7-5-12(6-8-14)15-4-2-1-3-13(15)11-17/h1-4,12,14,18H,5-10,16H2. The van der Waals surface area contributed by atoms with Gasteiger partial charge in [0.25, 0.3) is 0 Å². The molecule has 3 heteroatoms. The Hall–Kier alpha value is -1.37. The van der Waals surface area contributed by atoms with Crippen molar-refractivity contribution in [2.24, 2.45) is 5.73 Å². The van der Waals surface area contributed by atoms with Crippen molar-refractivity contribution >= 4 is 0 Å². The zero-order valence-electron chi connectivity index (χ0n) is 10.7. The molecule has 1 aromatic carbocycles. The lowest BCUT2D eigenvalue weighted by Gasteiger charge is -2.29. The Bertz CT molecular complexity index is 414. The van der Waals surface area contributed by atoms with Crippen molar-refractivity contribution in [3.8, 4) is 6.07 Å². The minimum atomic E-state index is 0.553. The summed E-state index contributed by atoms with van der Waals surface area (Å²) in [7, 11) is 0. The van der Waals surface area contributed by atoms with Crippen LogP contribution in [0.3, 0.4) is 0 Å². The quantitative estimate of drug-likeness (QED) is 0.851. The fraction of sp³-hybridized carbons (Fsp3) is 0.533. The molecule has 3 N–H and O–H groups in total. The van der Waals surface area contributed by atoms with E-state index in [1.54, 1.807) is 0 Å². The monoisotopic (exact) mass is 243 g/mol. The lowest BCUT2D eigenvalue weighted by Crippen LogP contribution is -2.36. The van der Waals surface area contributed by atoms with Gasteiger partial charge in [-0.15, -0.1) is 0 Å². The van der Waals surface area contributed by atoms with Crippen LogP contribution in [0, 0.1) is 11.3 Å². The van der Waals surface area contributed by atoms with Crippen molar-refractivity contribution < 1.29 is 0 Å². The average molecular weight is 243 g/mol. The molecule has 0 saturated heterocycles. The average Bonchev–Trinajstić information content (AvgIpc) is 2.45. The lowest BCUT2D eigenvalue weighted by atomic mass is 9.80. The highest BCUT2D eigenvalue weighted by molar-refractivity contribution is 5.39. The SMILES string of the molecule is N#Cc1ccccc1C1CCC(NCCN)CC1. The highest BCUT2D eigenvalue weighted by Gasteiger charge is 2.23. The van der Waals surface area contributed by atoms with Gasteiger partial charge in [-0.05, 0) is 43.2 Å². The van der Waals surface area contributed by atoms with E-state index in [4.69, 9.17) is 11.0 Å². The molecule has 0 radical (unpaired) electrons. The van der Waals surface area contributed by atoms with Crippen LogP contribution in [0.5, 0.6) is 0 Å². The highest BCUT2D eigenvalue weighted by atomic mass is 14.9. The van der Waals surface area contributed by atoms with Crippen LogP contribution in [-0.2, 0) is 0 Å².